The van der Waals surface area contributed by atoms with Crippen molar-refractivity contribution in [2.75, 3.05) is 6.54 Å². The molecular weight excluding hydrogens is 260 g/mol. The molecule has 1 heterocycles. The summed E-state index contributed by atoms with van der Waals surface area (Å²) in [6.07, 6.45) is 6.61. The Kier molecular flexibility index (Phi) is 6.13. The first kappa shape index (κ1) is 16.8. The van der Waals surface area contributed by atoms with Gasteiger partial charge in [0.25, 0.3) is 0 Å². The number of hydrogen-bond acceptors (Lipinski definition) is 2. The lowest BCUT2D eigenvalue weighted by molar-refractivity contribution is -0.123. The second-order valence-corrected chi connectivity index (χ2v) is 7.06. The molecule has 0 bridgehead atoms. The molecule has 0 radical (unpaired) electrons. The van der Waals surface area contributed by atoms with E-state index in [0.717, 1.165) is 19.4 Å². The van der Waals surface area contributed by atoms with Gasteiger partial charge >= 0.3 is 0 Å². The highest BCUT2D eigenvalue weighted by Gasteiger charge is 2.33. The quantitative estimate of drug-likeness (QED) is 0.838. The molecule has 19 heavy (non-hydrogen) atoms. The van der Waals surface area contributed by atoms with Crippen LogP contribution in [0.25, 0.3) is 0 Å². The average Bonchev–Trinajstić information content (AvgIpc) is 2.74. The van der Waals surface area contributed by atoms with Gasteiger partial charge in [0.1, 0.15) is 0 Å². The summed E-state index contributed by atoms with van der Waals surface area (Å²) in [6.45, 7) is 8.03. The SMILES string of the molecule is CC1CC(C)(C)CCC1NC(=O)CC1CCCN1.Cl. The average molecular weight is 289 g/mol. The van der Waals surface area contributed by atoms with Crippen molar-refractivity contribution < 1.29 is 4.79 Å². The smallest absolute Gasteiger partial charge is 0.221 e. The molecule has 1 amide bonds. The molecular formula is C15H29ClN2O. The number of carbonyl (C=O) groups is 1. The van der Waals surface area contributed by atoms with Crippen LogP contribution in [0.4, 0.5) is 0 Å². The molecule has 1 saturated carbocycles. The van der Waals surface area contributed by atoms with Gasteiger partial charge in [-0.15, -0.1) is 12.4 Å². The molecule has 2 fully saturated rings. The van der Waals surface area contributed by atoms with Gasteiger partial charge in [-0.1, -0.05) is 20.8 Å². The lowest BCUT2D eigenvalue weighted by Crippen LogP contribution is -2.45. The molecule has 0 aromatic heterocycles. The molecule has 1 aliphatic carbocycles. The molecule has 0 aromatic carbocycles. The van der Waals surface area contributed by atoms with Crippen molar-refractivity contribution >= 4 is 18.3 Å². The van der Waals surface area contributed by atoms with Crippen molar-refractivity contribution in [2.24, 2.45) is 11.3 Å². The van der Waals surface area contributed by atoms with Crippen molar-refractivity contribution in [3.63, 3.8) is 0 Å². The van der Waals surface area contributed by atoms with Crippen molar-refractivity contribution in [1.29, 1.82) is 0 Å². The molecule has 2 rings (SSSR count). The maximum Gasteiger partial charge on any atom is 0.221 e. The Morgan fingerprint density at radius 1 is 1.37 bits per heavy atom. The molecule has 3 nitrogen and oxygen atoms in total. The summed E-state index contributed by atoms with van der Waals surface area (Å²) in [5.74, 6) is 0.847. The summed E-state index contributed by atoms with van der Waals surface area (Å²) in [5.41, 5.74) is 0.452. The van der Waals surface area contributed by atoms with Gasteiger partial charge in [0.2, 0.25) is 5.91 Å². The molecule has 0 aromatic rings. The predicted molar refractivity (Wildman–Crippen MR) is 81.6 cm³/mol. The van der Waals surface area contributed by atoms with Gasteiger partial charge in [0.05, 0.1) is 0 Å². The topological polar surface area (TPSA) is 41.1 Å². The lowest BCUT2D eigenvalue weighted by Gasteiger charge is -2.39. The predicted octanol–water partition coefficient (Wildman–Crippen LogP) is 2.88. The first-order valence-electron chi connectivity index (χ1n) is 7.49. The van der Waals surface area contributed by atoms with E-state index in [9.17, 15) is 4.79 Å². The van der Waals surface area contributed by atoms with E-state index < -0.39 is 0 Å². The number of nitrogens with one attached hydrogen (secondary N) is 2. The van der Waals surface area contributed by atoms with E-state index in [4.69, 9.17) is 0 Å². The van der Waals surface area contributed by atoms with Crippen molar-refractivity contribution in [2.45, 2.75) is 71.4 Å². The van der Waals surface area contributed by atoms with Gasteiger partial charge in [-0.2, -0.15) is 0 Å². The molecule has 1 aliphatic heterocycles. The van der Waals surface area contributed by atoms with Gasteiger partial charge in [-0.3, -0.25) is 4.79 Å². The summed E-state index contributed by atoms with van der Waals surface area (Å²) in [6, 6.07) is 0.812. The van der Waals surface area contributed by atoms with Gasteiger partial charge in [-0.05, 0) is 50.0 Å². The van der Waals surface area contributed by atoms with Crippen LogP contribution in [0.3, 0.4) is 0 Å². The number of hydrogen-bond donors (Lipinski definition) is 2. The lowest BCUT2D eigenvalue weighted by atomic mass is 9.70. The van der Waals surface area contributed by atoms with Crippen molar-refractivity contribution in [3.05, 3.63) is 0 Å². The second kappa shape index (κ2) is 6.94. The van der Waals surface area contributed by atoms with Gasteiger partial charge < -0.3 is 10.6 Å². The number of halogens is 1. The maximum atomic E-state index is 12.0. The Bertz CT molecular complexity index is 301. The van der Waals surface area contributed by atoms with E-state index in [1.165, 1.54) is 19.3 Å². The van der Waals surface area contributed by atoms with E-state index in [-0.39, 0.29) is 18.3 Å². The fourth-order valence-electron chi connectivity index (χ4n) is 3.58. The Balaban J connectivity index is 0.00000180. The zero-order valence-electron chi connectivity index (χ0n) is 12.5. The summed E-state index contributed by atoms with van der Waals surface area (Å²) >= 11 is 0. The monoisotopic (exact) mass is 288 g/mol. The summed E-state index contributed by atoms with van der Waals surface area (Å²) in [4.78, 5) is 12.0. The number of rotatable bonds is 3. The van der Waals surface area contributed by atoms with Crippen molar-refractivity contribution in [3.8, 4) is 0 Å². The molecule has 112 valence electrons. The third-order valence-corrected chi connectivity index (χ3v) is 4.63. The number of amides is 1. The highest BCUT2D eigenvalue weighted by Crippen LogP contribution is 2.38. The second-order valence-electron chi connectivity index (χ2n) is 7.06. The van der Waals surface area contributed by atoms with Gasteiger partial charge in [0.15, 0.2) is 0 Å². The van der Waals surface area contributed by atoms with Crippen LogP contribution >= 0.6 is 12.4 Å². The Labute approximate surface area is 123 Å². The fourth-order valence-corrected chi connectivity index (χ4v) is 3.58. The highest BCUT2D eigenvalue weighted by atomic mass is 35.5. The van der Waals surface area contributed by atoms with Crippen LogP contribution in [0.2, 0.25) is 0 Å². The van der Waals surface area contributed by atoms with E-state index in [0.29, 0.717) is 29.8 Å². The van der Waals surface area contributed by atoms with Crippen LogP contribution in [0.15, 0.2) is 0 Å². The van der Waals surface area contributed by atoms with E-state index in [2.05, 4.69) is 31.4 Å². The van der Waals surface area contributed by atoms with Crippen molar-refractivity contribution in [1.82, 2.24) is 10.6 Å². The minimum absolute atomic E-state index is 0. The van der Waals surface area contributed by atoms with Crippen LogP contribution in [-0.2, 0) is 4.79 Å². The van der Waals surface area contributed by atoms with Crippen LogP contribution in [0, 0.1) is 11.3 Å². The van der Waals surface area contributed by atoms with Gasteiger partial charge in [0, 0.05) is 18.5 Å². The van der Waals surface area contributed by atoms with E-state index >= 15 is 0 Å². The van der Waals surface area contributed by atoms with Crippen LogP contribution in [0.1, 0.15) is 59.3 Å². The fraction of sp³-hybridized carbons (Fsp3) is 0.933. The maximum absolute atomic E-state index is 12.0. The standard InChI is InChI=1S/C15H28N2O.ClH/c1-11-10-15(2,3)7-6-13(11)17-14(18)9-12-5-4-8-16-12;/h11-13,16H,4-10H2,1-3H3,(H,17,18);1H. The molecule has 2 aliphatic rings. The minimum Gasteiger partial charge on any atom is -0.353 e. The third kappa shape index (κ3) is 4.96. The molecule has 1 saturated heterocycles. The molecule has 2 N–H and O–H groups in total. The minimum atomic E-state index is 0. The van der Waals surface area contributed by atoms with E-state index in [1.54, 1.807) is 0 Å². The highest BCUT2D eigenvalue weighted by molar-refractivity contribution is 5.85. The molecule has 3 atom stereocenters. The van der Waals surface area contributed by atoms with E-state index in [1.807, 2.05) is 0 Å². The summed E-state index contributed by atoms with van der Waals surface area (Å²) in [5, 5.41) is 6.64. The normalized spacial score (nSPS) is 33.5. The van der Waals surface area contributed by atoms with Crippen LogP contribution in [0.5, 0.6) is 0 Å². The Morgan fingerprint density at radius 2 is 2.11 bits per heavy atom. The Hall–Kier alpha value is -0.280. The largest absolute Gasteiger partial charge is 0.353 e. The molecule has 0 spiro atoms. The Morgan fingerprint density at radius 3 is 2.68 bits per heavy atom. The zero-order valence-corrected chi connectivity index (χ0v) is 13.3. The first-order chi connectivity index (χ1) is 8.46. The third-order valence-electron chi connectivity index (χ3n) is 4.63. The first-order valence-corrected chi connectivity index (χ1v) is 7.49. The van der Waals surface area contributed by atoms with Crippen LogP contribution < -0.4 is 10.6 Å². The number of carbonyl (C=O) groups excluding carboxylic acids is 1. The summed E-state index contributed by atoms with van der Waals surface area (Å²) in [7, 11) is 0. The summed E-state index contributed by atoms with van der Waals surface area (Å²) < 4.78 is 0. The molecule has 4 heteroatoms. The molecule has 3 unspecified atom stereocenters. The van der Waals surface area contributed by atoms with Gasteiger partial charge in [-0.25, -0.2) is 0 Å². The van der Waals surface area contributed by atoms with Crippen LogP contribution in [-0.4, -0.2) is 24.5 Å². The zero-order chi connectivity index (χ0) is 13.2.